The van der Waals surface area contributed by atoms with Crippen LogP contribution in [-0.2, 0) is 6.54 Å². The molecule has 0 unspecified atom stereocenters. The van der Waals surface area contributed by atoms with E-state index in [0.29, 0.717) is 19.6 Å². The Balaban J connectivity index is 1.59. The molecule has 1 fully saturated rings. The molecular formula is C19H22F3N3. The van der Waals surface area contributed by atoms with Gasteiger partial charge in [0.2, 0.25) is 0 Å². The number of anilines is 3. The molecule has 3 N–H and O–H groups in total. The van der Waals surface area contributed by atoms with Gasteiger partial charge in [-0.3, -0.25) is 0 Å². The van der Waals surface area contributed by atoms with Crippen LogP contribution in [0.15, 0.2) is 48.5 Å². The van der Waals surface area contributed by atoms with Gasteiger partial charge in [-0.05, 0) is 54.8 Å². The van der Waals surface area contributed by atoms with Gasteiger partial charge in [0.05, 0.1) is 5.92 Å². The molecule has 0 amide bonds. The Morgan fingerprint density at radius 1 is 0.920 bits per heavy atom. The maximum atomic E-state index is 12.7. The normalized spacial score (nSPS) is 16.1. The Morgan fingerprint density at radius 3 is 1.92 bits per heavy atom. The van der Waals surface area contributed by atoms with Gasteiger partial charge in [0.15, 0.2) is 0 Å². The van der Waals surface area contributed by atoms with Crippen LogP contribution in [0, 0.1) is 5.92 Å². The van der Waals surface area contributed by atoms with Crippen LogP contribution in [0.4, 0.5) is 30.2 Å². The molecule has 0 aliphatic carbocycles. The van der Waals surface area contributed by atoms with Crippen molar-refractivity contribution in [2.45, 2.75) is 25.6 Å². The molecule has 1 saturated heterocycles. The van der Waals surface area contributed by atoms with Crippen molar-refractivity contribution in [3.63, 3.8) is 0 Å². The number of nitrogens with two attached hydrogens (primary N) is 1. The molecule has 1 aliphatic heterocycles. The molecule has 0 aromatic heterocycles. The van der Waals surface area contributed by atoms with Gasteiger partial charge in [-0.15, -0.1) is 0 Å². The van der Waals surface area contributed by atoms with Crippen molar-refractivity contribution in [1.82, 2.24) is 0 Å². The maximum absolute atomic E-state index is 12.7. The van der Waals surface area contributed by atoms with E-state index >= 15 is 0 Å². The summed E-state index contributed by atoms with van der Waals surface area (Å²) in [5, 5.41) is 3.30. The van der Waals surface area contributed by atoms with Crippen LogP contribution in [0.25, 0.3) is 0 Å². The lowest BCUT2D eigenvalue weighted by atomic mass is 9.96. The first-order valence-electron chi connectivity index (χ1n) is 8.43. The number of rotatable bonds is 4. The molecule has 1 aliphatic rings. The highest BCUT2D eigenvalue weighted by Gasteiger charge is 2.41. The summed E-state index contributed by atoms with van der Waals surface area (Å²) in [6.45, 7) is 1.40. The summed E-state index contributed by atoms with van der Waals surface area (Å²) in [6.07, 6.45) is -3.74. The molecule has 0 saturated carbocycles. The second-order valence-corrected chi connectivity index (χ2v) is 6.38. The summed E-state index contributed by atoms with van der Waals surface area (Å²) < 4.78 is 38.2. The van der Waals surface area contributed by atoms with Gasteiger partial charge in [0.25, 0.3) is 0 Å². The van der Waals surface area contributed by atoms with Crippen LogP contribution in [0.1, 0.15) is 18.4 Å². The first kappa shape index (κ1) is 17.6. The molecule has 1 heterocycles. The summed E-state index contributed by atoms with van der Waals surface area (Å²) in [5.74, 6) is -1.17. The average Bonchev–Trinajstić information content (AvgIpc) is 2.62. The van der Waals surface area contributed by atoms with Gasteiger partial charge < -0.3 is 16.0 Å². The van der Waals surface area contributed by atoms with Crippen LogP contribution in [-0.4, -0.2) is 19.3 Å². The largest absolute Gasteiger partial charge is 0.391 e. The van der Waals surface area contributed by atoms with E-state index in [2.05, 4.69) is 5.32 Å². The summed E-state index contributed by atoms with van der Waals surface area (Å²) in [6, 6.07) is 15.7. The van der Waals surface area contributed by atoms with Gasteiger partial charge in [-0.1, -0.05) is 12.1 Å². The average molecular weight is 349 g/mol. The minimum absolute atomic E-state index is 0.164. The third kappa shape index (κ3) is 4.45. The Labute approximate surface area is 145 Å². The van der Waals surface area contributed by atoms with E-state index in [4.69, 9.17) is 5.73 Å². The fraction of sp³-hybridized carbons (Fsp3) is 0.368. The smallest absolute Gasteiger partial charge is 0.372 e. The van der Waals surface area contributed by atoms with Crippen LogP contribution in [0.5, 0.6) is 0 Å². The molecule has 0 spiro atoms. The Bertz CT molecular complexity index is 673. The van der Waals surface area contributed by atoms with Crippen molar-refractivity contribution in [2.75, 3.05) is 23.3 Å². The minimum atomic E-state index is -4.07. The molecule has 134 valence electrons. The first-order valence-corrected chi connectivity index (χ1v) is 8.43. The molecule has 3 nitrogen and oxygen atoms in total. The zero-order valence-electron chi connectivity index (χ0n) is 13.9. The summed E-state index contributed by atoms with van der Waals surface area (Å²) in [7, 11) is 0. The van der Waals surface area contributed by atoms with E-state index in [0.717, 1.165) is 22.6 Å². The lowest BCUT2D eigenvalue weighted by Gasteiger charge is -2.34. The lowest BCUT2D eigenvalue weighted by Crippen LogP contribution is -2.38. The van der Waals surface area contributed by atoms with Gasteiger partial charge in [0, 0.05) is 36.7 Å². The summed E-state index contributed by atoms with van der Waals surface area (Å²) >= 11 is 0. The highest BCUT2D eigenvalue weighted by Crippen LogP contribution is 2.35. The number of piperidine rings is 1. The van der Waals surface area contributed by atoms with E-state index in [1.54, 1.807) is 0 Å². The number of hydrogen-bond donors (Lipinski definition) is 2. The maximum Gasteiger partial charge on any atom is 0.391 e. The zero-order chi connectivity index (χ0) is 17.9. The number of halogens is 3. The predicted molar refractivity (Wildman–Crippen MR) is 95.1 cm³/mol. The molecule has 0 bridgehead atoms. The second-order valence-electron chi connectivity index (χ2n) is 6.38. The standard InChI is InChI=1S/C19H22F3N3/c20-19(21,22)15-9-11-25(12-10-15)18-7-5-17(6-8-18)24-16-3-1-14(13-23)2-4-16/h1-8,15,24H,9-13,23H2. The Morgan fingerprint density at radius 2 is 1.44 bits per heavy atom. The van der Waals surface area contributed by atoms with Gasteiger partial charge in [-0.25, -0.2) is 0 Å². The third-order valence-electron chi connectivity index (χ3n) is 4.67. The van der Waals surface area contributed by atoms with Crippen LogP contribution in [0.3, 0.4) is 0 Å². The fourth-order valence-corrected chi connectivity index (χ4v) is 3.11. The molecule has 3 rings (SSSR count). The summed E-state index contributed by atoms with van der Waals surface area (Å²) in [4.78, 5) is 2.02. The summed E-state index contributed by atoms with van der Waals surface area (Å²) in [5.41, 5.74) is 9.53. The minimum Gasteiger partial charge on any atom is -0.372 e. The Kier molecular flexibility index (Phi) is 5.18. The van der Waals surface area contributed by atoms with Crippen LogP contribution >= 0.6 is 0 Å². The quantitative estimate of drug-likeness (QED) is 0.843. The molecule has 2 aromatic rings. The zero-order valence-corrected chi connectivity index (χ0v) is 13.9. The Hall–Kier alpha value is -2.21. The highest BCUT2D eigenvalue weighted by atomic mass is 19.4. The molecular weight excluding hydrogens is 327 g/mol. The van der Waals surface area contributed by atoms with Crippen LogP contribution in [0.2, 0.25) is 0 Å². The van der Waals surface area contributed by atoms with Crippen molar-refractivity contribution >= 4 is 17.1 Å². The van der Waals surface area contributed by atoms with E-state index in [9.17, 15) is 13.2 Å². The molecule has 6 heteroatoms. The van der Waals surface area contributed by atoms with Crippen LogP contribution < -0.4 is 16.0 Å². The van der Waals surface area contributed by atoms with E-state index in [1.807, 2.05) is 53.4 Å². The van der Waals surface area contributed by atoms with Crippen molar-refractivity contribution in [2.24, 2.45) is 11.7 Å². The third-order valence-corrected chi connectivity index (χ3v) is 4.67. The van der Waals surface area contributed by atoms with Gasteiger partial charge >= 0.3 is 6.18 Å². The number of nitrogens with one attached hydrogen (secondary N) is 1. The van der Waals surface area contributed by atoms with Crippen molar-refractivity contribution < 1.29 is 13.2 Å². The fourth-order valence-electron chi connectivity index (χ4n) is 3.11. The van der Waals surface area contributed by atoms with Crippen molar-refractivity contribution in [3.8, 4) is 0 Å². The second kappa shape index (κ2) is 7.35. The molecule has 25 heavy (non-hydrogen) atoms. The number of nitrogens with zero attached hydrogens (tertiary/aromatic N) is 1. The number of hydrogen-bond acceptors (Lipinski definition) is 3. The van der Waals surface area contributed by atoms with E-state index < -0.39 is 12.1 Å². The van der Waals surface area contributed by atoms with Gasteiger partial charge in [0.1, 0.15) is 0 Å². The van der Waals surface area contributed by atoms with Crippen molar-refractivity contribution in [3.05, 3.63) is 54.1 Å². The number of benzene rings is 2. The van der Waals surface area contributed by atoms with E-state index in [1.165, 1.54) is 0 Å². The van der Waals surface area contributed by atoms with Gasteiger partial charge in [-0.2, -0.15) is 13.2 Å². The molecule has 0 radical (unpaired) electrons. The molecule has 0 atom stereocenters. The topological polar surface area (TPSA) is 41.3 Å². The number of alkyl halides is 3. The predicted octanol–water partition coefficient (Wildman–Crippen LogP) is 4.67. The highest BCUT2D eigenvalue weighted by molar-refractivity contribution is 5.63. The first-order chi connectivity index (χ1) is 12.0. The monoisotopic (exact) mass is 349 g/mol. The molecule has 2 aromatic carbocycles. The lowest BCUT2D eigenvalue weighted by molar-refractivity contribution is -0.179. The van der Waals surface area contributed by atoms with E-state index in [-0.39, 0.29) is 12.8 Å². The van der Waals surface area contributed by atoms with Crippen molar-refractivity contribution in [1.29, 1.82) is 0 Å². The SMILES string of the molecule is NCc1ccc(Nc2ccc(N3CCC(C(F)(F)F)CC3)cc2)cc1.